The number of hydrogen-bond acceptors (Lipinski definition) is 1. The minimum absolute atomic E-state index is 0.0644. The molecule has 0 aromatic heterocycles. The Kier molecular flexibility index (Phi) is 6.52. The average molecular weight is 352 g/mol. The first kappa shape index (κ1) is 17.0. The van der Waals surface area contributed by atoms with E-state index in [9.17, 15) is 18.0 Å². The van der Waals surface area contributed by atoms with Gasteiger partial charge in [-0.25, -0.2) is 0 Å². The third-order valence-electron chi connectivity index (χ3n) is 2.82. The Balaban J connectivity index is 2.50. The van der Waals surface area contributed by atoms with E-state index >= 15 is 0 Å². The fraction of sp³-hybridized carbons (Fsp3) is 0.500. The molecule has 2 nitrogen and oxygen atoms in total. The predicted octanol–water partition coefficient (Wildman–Crippen LogP) is 3.93. The molecule has 0 radical (unpaired) electrons. The highest BCUT2D eigenvalue weighted by Gasteiger charge is 2.29. The van der Waals surface area contributed by atoms with Crippen molar-refractivity contribution >= 4 is 21.8 Å². The molecule has 1 aromatic rings. The molecule has 0 saturated carbocycles. The fourth-order valence-electron chi connectivity index (χ4n) is 1.78. The summed E-state index contributed by atoms with van der Waals surface area (Å²) in [6.07, 6.45) is -2.42. The number of amides is 1. The number of rotatable bonds is 6. The maximum Gasteiger partial charge on any atom is 0.416 e. The lowest BCUT2D eigenvalue weighted by Gasteiger charge is -2.13. The first-order valence-corrected chi connectivity index (χ1v) is 7.46. The summed E-state index contributed by atoms with van der Waals surface area (Å²) in [6.45, 7) is 1.91. The maximum atomic E-state index is 12.4. The molecule has 0 bridgehead atoms. The number of benzene rings is 1. The van der Waals surface area contributed by atoms with Crippen LogP contribution in [0.15, 0.2) is 24.3 Å². The van der Waals surface area contributed by atoms with E-state index in [2.05, 4.69) is 21.2 Å². The first-order valence-electron chi connectivity index (χ1n) is 6.34. The standard InChI is InChI=1S/C14H17BrF3NO/c1-10(3-2-8-15)19-13(20)9-11-4-6-12(7-5-11)14(16,17)18/h4-7,10H,2-3,8-9H2,1H3,(H,19,20). The molecule has 0 fully saturated rings. The van der Waals surface area contributed by atoms with Gasteiger partial charge < -0.3 is 5.32 Å². The van der Waals surface area contributed by atoms with Crippen LogP contribution in [0.2, 0.25) is 0 Å². The summed E-state index contributed by atoms with van der Waals surface area (Å²) in [7, 11) is 0. The number of carbonyl (C=O) groups excluding carboxylic acids is 1. The van der Waals surface area contributed by atoms with Gasteiger partial charge in [0, 0.05) is 11.4 Å². The van der Waals surface area contributed by atoms with Crippen LogP contribution in [0.3, 0.4) is 0 Å². The molecule has 1 aromatic carbocycles. The van der Waals surface area contributed by atoms with E-state index < -0.39 is 11.7 Å². The molecule has 112 valence electrons. The van der Waals surface area contributed by atoms with Crippen LogP contribution in [0, 0.1) is 0 Å². The quantitative estimate of drug-likeness (QED) is 0.773. The molecule has 1 unspecified atom stereocenters. The topological polar surface area (TPSA) is 29.1 Å². The van der Waals surface area contributed by atoms with Crippen molar-refractivity contribution < 1.29 is 18.0 Å². The van der Waals surface area contributed by atoms with Crippen LogP contribution in [-0.4, -0.2) is 17.3 Å². The second-order valence-electron chi connectivity index (χ2n) is 4.67. The molecule has 1 rings (SSSR count). The van der Waals surface area contributed by atoms with Gasteiger partial charge in [0.25, 0.3) is 0 Å². The zero-order valence-corrected chi connectivity index (χ0v) is 12.7. The second-order valence-corrected chi connectivity index (χ2v) is 5.46. The molecule has 1 atom stereocenters. The fourth-order valence-corrected chi connectivity index (χ4v) is 2.10. The Bertz CT molecular complexity index is 431. The minimum atomic E-state index is -4.34. The van der Waals surface area contributed by atoms with E-state index in [1.807, 2.05) is 6.92 Å². The Hall–Kier alpha value is -1.04. The van der Waals surface area contributed by atoms with Gasteiger partial charge in [-0.05, 0) is 37.5 Å². The van der Waals surface area contributed by atoms with E-state index in [0.29, 0.717) is 5.56 Å². The molecule has 0 aliphatic carbocycles. The monoisotopic (exact) mass is 351 g/mol. The number of carbonyl (C=O) groups is 1. The number of alkyl halides is 4. The van der Waals surface area contributed by atoms with Gasteiger partial charge in [-0.3, -0.25) is 4.79 Å². The van der Waals surface area contributed by atoms with Crippen molar-refractivity contribution in [3.8, 4) is 0 Å². The van der Waals surface area contributed by atoms with Gasteiger partial charge in [0.1, 0.15) is 0 Å². The van der Waals surface area contributed by atoms with E-state index in [-0.39, 0.29) is 18.4 Å². The normalized spacial score (nSPS) is 13.1. The summed E-state index contributed by atoms with van der Waals surface area (Å²) >= 11 is 3.32. The van der Waals surface area contributed by atoms with E-state index in [0.717, 1.165) is 30.3 Å². The van der Waals surface area contributed by atoms with E-state index in [4.69, 9.17) is 0 Å². The highest BCUT2D eigenvalue weighted by atomic mass is 79.9. The Morgan fingerprint density at radius 1 is 1.30 bits per heavy atom. The van der Waals surface area contributed by atoms with Crippen LogP contribution in [-0.2, 0) is 17.4 Å². The average Bonchev–Trinajstić information content (AvgIpc) is 2.35. The zero-order valence-electron chi connectivity index (χ0n) is 11.1. The molecule has 1 N–H and O–H groups in total. The summed E-state index contributed by atoms with van der Waals surface area (Å²) in [4.78, 5) is 11.7. The van der Waals surface area contributed by atoms with Crippen LogP contribution >= 0.6 is 15.9 Å². The van der Waals surface area contributed by atoms with Gasteiger partial charge in [0.2, 0.25) is 5.91 Å². The maximum absolute atomic E-state index is 12.4. The summed E-state index contributed by atoms with van der Waals surface area (Å²) in [6, 6.07) is 4.74. The molecule has 0 aliphatic rings. The van der Waals surface area contributed by atoms with Gasteiger partial charge in [0.05, 0.1) is 12.0 Å². The van der Waals surface area contributed by atoms with Crippen LogP contribution < -0.4 is 5.32 Å². The molecule has 6 heteroatoms. The molecule has 0 spiro atoms. The predicted molar refractivity (Wildman–Crippen MR) is 75.8 cm³/mol. The number of nitrogens with one attached hydrogen (secondary N) is 1. The Morgan fingerprint density at radius 3 is 2.40 bits per heavy atom. The lowest BCUT2D eigenvalue weighted by molar-refractivity contribution is -0.137. The van der Waals surface area contributed by atoms with Gasteiger partial charge in [0.15, 0.2) is 0 Å². The smallest absolute Gasteiger partial charge is 0.353 e. The largest absolute Gasteiger partial charge is 0.416 e. The van der Waals surface area contributed by atoms with E-state index in [1.54, 1.807) is 0 Å². The molecule has 0 heterocycles. The van der Waals surface area contributed by atoms with Gasteiger partial charge in [-0.1, -0.05) is 28.1 Å². The highest BCUT2D eigenvalue weighted by Crippen LogP contribution is 2.29. The summed E-state index contributed by atoms with van der Waals surface area (Å²) in [5.41, 5.74) is -0.129. The molecular formula is C14H17BrF3NO. The van der Waals surface area contributed by atoms with E-state index in [1.165, 1.54) is 12.1 Å². The van der Waals surface area contributed by atoms with Crippen LogP contribution in [0.4, 0.5) is 13.2 Å². The molecule has 0 saturated heterocycles. The lowest BCUT2D eigenvalue weighted by atomic mass is 10.1. The number of halogens is 4. The molecule has 20 heavy (non-hydrogen) atoms. The van der Waals surface area contributed by atoms with Crippen molar-refractivity contribution in [3.63, 3.8) is 0 Å². The molecular weight excluding hydrogens is 335 g/mol. The van der Waals surface area contributed by atoms with Crippen molar-refractivity contribution in [2.75, 3.05) is 5.33 Å². The number of hydrogen-bond donors (Lipinski definition) is 1. The van der Waals surface area contributed by atoms with Crippen molar-refractivity contribution in [3.05, 3.63) is 35.4 Å². The lowest BCUT2D eigenvalue weighted by Crippen LogP contribution is -2.33. The summed E-state index contributed by atoms with van der Waals surface area (Å²) in [5, 5.41) is 3.71. The Morgan fingerprint density at radius 2 is 1.90 bits per heavy atom. The van der Waals surface area contributed by atoms with Gasteiger partial charge >= 0.3 is 6.18 Å². The van der Waals surface area contributed by atoms with Crippen molar-refractivity contribution in [2.24, 2.45) is 0 Å². The highest BCUT2D eigenvalue weighted by molar-refractivity contribution is 9.09. The van der Waals surface area contributed by atoms with Crippen LogP contribution in [0.25, 0.3) is 0 Å². The third kappa shape index (κ3) is 5.94. The molecule has 1 amide bonds. The van der Waals surface area contributed by atoms with Crippen LogP contribution in [0.5, 0.6) is 0 Å². The van der Waals surface area contributed by atoms with Gasteiger partial charge in [-0.15, -0.1) is 0 Å². The SMILES string of the molecule is CC(CCCBr)NC(=O)Cc1ccc(C(F)(F)F)cc1. The summed E-state index contributed by atoms with van der Waals surface area (Å²) < 4.78 is 37.2. The summed E-state index contributed by atoms with van der Waals surface area (Å²) in [5.74, 6) is -0.174. The first-order chi connectivity index (χ1) is 9.32. The second kappa shape index (κ2) is 7.67. The minimum Gasteiger partial charge on any atom is -0.353 e. The van der Waals surface area contributed by atoms with Gasteiger partial charge in [-0.2, -0.15) is 13.2 Å². The third-order valence-corrected chi connectivity index (χ3v) is 3.38. The van der Waals surface area contributed by atoms with Crippen molar-refractivity contribution in [2.45, 2.75) is 38.4 Å². The van der Waals surface area contributed by atoms with Crippen molar-refractivity contribution in [1.29, 1.82) is 0 Å². The Labute approximate surface area is 124 Å². The molecule has 0 aliphatic heterocycles. The van der Waals surface area contributed by atoms with Crippen molar-refractivity contribution in [1.82, 2.24) is 5.32 Å². The zero-order chi connectivity index (χ0) is 15.2. The van der Waals surface area contributed by atoms with Crippen LogP contribution in [0.1, 0.15) is 30.9 Å².